The van der Waals surface area contributed by atoms with Crippen LogP contribution >= 0.6 is 0 Å². The molecule has 1 spiro atoms. The molecule has 0 radical (unpaired) electrons. The number of ether oxygens (including phenoxy) is 1. The van der Waals surface area contributed by atoms with Gasteiger partial charge >= 0.3 is 0 Å². The number of aromatic amines is 1. The largest absolute Gasteiger partial charge is 0.496 e. The van der Waals surface area contributed by atoms with Crippen LogP contribution in [0.2, 0.25) is 0 Å². The Morgan fingerprint density at radius 3 is 2.91 bits per heavy atom. The second kappa shape index (κ2) is 8.83. The van der Waals surface area contributed by atoms with E-state index in [-0.39, 0.29) is 35.1 Å². The van der Waals surface area contributed by atoms with Crippen molar-refractivity contribution < 1.29 is 14.3 Å². The van der Waals surface area contributed by atoms with Crippen LogP contribution in [0, 0.1) is 22.7 Å². The van der Waals surface area contributed by atoms with Crippen molar-refractivity contribution in [1.82, 2.24) is 15.2 Å². The summed E-state index contributed by atoms with van der Waals surface area (Å²) in [6.07, 6.45) is 7.54. The number of carbonyl (C=O) groups excluding carboxylic acids is 2. The molecule has 174 valence electrons. The van der Waals surface area contributed by atoms with Crippen LogP contribution in [0.25, 0.3) is 10.9 Å². The number of rotatable bonds is 7. The normalized spacial score (nSPS) is 24.7. The van der Waals surface area contributed by atoms with E-state index in [0.717, 1.165) is 55.3 Å². The summed E-state index contributed by atoms with van der Waals surface area (Å²) >= 11 is 0. The Hall–Kier alpha value is -2.85. The van der Waals surface area contributed by atoms with Crippen molar-refractivity contribution >= 4 is 22.6 Å². The van der Waals surface area contributed by atoms with Gasteiger partial charge in [-0.15, -0.1) is 0 Å². The molecule has 1 saturated heterocycles. The van der Waals surface area contributed by atoms with E-state index in [4.69, 9.17) is 4.74 Å². The summed E-state index contributed by atoms with van der Waals surface area (Å²) in [5, 5.41) is 14.0. The van der Waals surface area contributed by atoms with Gasteiger partial charge in [0.1, 0.15) is 17.2 Å². The van der Waals surface area contributed by atoms with Gasteiger partial charge in [0.25, 0.3) is 5.91 Å². The zero-order valence-electron chi connectivity index (χ0n) is 19.2. The van der Waals surface area contributed by atoms with Crippen LogP contribution in [0.4, 0.5) is 0 Å². The summed E-state index contributed by atoms with van der Waals surface area (Å²) in [4.78, 5) is 30.9. The average Bonchev–Trinajstić information content (AvgIpc) is 3.52. The van der Waals surface area contributed by atoms with E-state index in [1.54, 1.807) is 7.11 Å². The first-order valence-electron chi connectivity index (χ1n) is 12.1. The van der Waals surface area contributed by atoms with Crippen molar-refractivity contribution in [3.05, 3.63) is 30.0 Å². The maximum atomic E-state index is 13.6. The number of nitrogens with zero attached hydrogens (tertiary/aromatic N) is 2. The molecule has 2 aliphatic carbocycles. The summed E-state index contributed by atoms with van der Waals surface area (Å²) in [5.74, 6) is 1.04. The quantitative estimate of drug-likeness (QED) is 0.671. The van der Waals surface area contributed by atoms with E-state index in [0.29, 0.717) is 25.1 Å². The first-order chi connectivity index (χ1) is 16.0. The molecule has 2 N–H and O–H groups in total. The third-order valence-electron chi connectivity index (χ3n) is 8.07. The van der Waals surface area contributed by atoms with Gasteiger partial charge in [0, 0.05) is 42.4 Å². The zero-order valence-corrected chi connectivity index (χ0v) is 19.2. The SMILES string of the molecule is COc1cccc2[nH]c(C(=O)N3CC4(CCC4)C[C@H]3CN[C@H](C#N)C[C@@H]3CCCC3=O)cc12. The molecule has 7 heteroatoms. The molecular formula is C26H32N4O3. The molecule has 2 aromatic rings. The summed E-state index contributed by atoms with van der Waals surface area (Å²) in [5.41, 5.74) is 1.68. The minimum absolute atomic E-state index is 0.00256. The Balaban J connectivity index is 1.31. The van der Waals surface area contributed by atoms with Crippen LogP contribution in [-0.2, 0) is 4.79 Å². The number of hydrogen-bond donors (Lipinski definition) is 2. The summed E-state index contributed by atoms with van der Waals surface area (Å²) < 4.78 is 5.46. The number of benzene rings is 1. The number of hydrogen-bond acceptors (Lipinski definition) is 5. The number of carbonyl (C=O) groups is 2. The van der Waals surface area contributed by atoms with Crippen LogP contribution in [0.15, 0.2) is 24.3 Å². The molecule has 1 aromatic heterocycles. The molecule has 5 rings (SSSR count). The van der Waals surface area contributed by atoms with Gasteiger partial charge in [-0.3, -0.25) is 14.9 Å². The molecule has 0 unspecified atom stereocenters. The van der Waals surface area contributed by atoms with Gasteiger partial charge in [0.2, 0.25) is 0 Å². The average molecular weight is 449 g/mol. The van der Waals surface area contributed by atoms with Crippen molar-refractivity contribution in [2.24, 2.45) is 11.3 Å². The lowest BCUT2D eigenvalue weighted by molar-refractivity contribution is -0.120. The van der Waals surface area contributed by atoms with E-state index in [2.05, 4.69) is 16.4 Å². The van der Waals surface area contributed by atoms with Crippen LogP contribution < -0.4 is 10.1 Å². The first-order valence-corrected chi connectivity index (χ1v) is 12.1. The minimum atomic E-state index is -0.357. The van der Waals surface area contributed by atoms with E-state index >= 15 is 0 Å². The smallest absolute Gasteiger partial charge is 0.270 e. The number of H-pyrrole nitrogens is 1. The van der Waals surface area contributed by atoms with Crippen LogP contribution in [-0.4, -0.2) is 53.9 Å². The number of aromatic nitrogens is 1. The number of nitriles is 1. The zero-order chi connectivity index (χ0) is 23.0. The fourth-order valence-corrected chi connectivity index (χ4v) is 6.08. The number of ketones is 1. The van der Waals surface area contributed by atoms with Gasteiger partial charge in [-0.2, -0.15) is 5.26 Å². The molecule has 0 bridgehead atoms. The van der Waals surface area contributed by atoms with E-state index in [1.165, 1.54) is 6.42 Å². The van der Waals surface area contributed by atoms with Crippen molar-refractivity contribution in [1.29, 1.82) is 5.26 Å². The molecule has 1 aliphatic heterocycles. The minimum Gasteiger partial charge on any atom is -0.496 e. The van der Waals surface area contributed by atoms with Crippen LogP contribution in [0.3, 0.4) is 0 Å². The summed E-state index contributed by atoms with van der Waals surface area (Å²) in [6, 6.07) is 9.67. The Kier molecular flexibility index (Phi) is 5.88. The van der Waals surface area contributed by atoms with E-state index in [9.17, 15) is 14.9 Å². The Bertz CT molecular complexity index is 1100. The van der Waals surface area contributed by atoms with E-state index < -0.39 is 0 Å². The van der Waals surface area contributed by atoms with Gasteiger partial charge in [-0.1, -0.05) is 12.5 Å². The lowest BCUT2D eigenvalue weighted by atomic mass is 9.67. The van der Waals surface area contributed by atoms with Gasteiger partial charge in [-0.05, 0) is 62.1 Å². The molecule has 7 nitrogen and oxygen atoms in total. The number of amides is 1. The summed E-state index contributed by atoms with van der Waals surface area (Å²) in [7, 11) is 1.64. The maximum absolute atomic E-state index is 13.6. The van der Waals surface area contributed by atoms with Gasteiger partial charge in [-0.25, -0.2) is 0 Å². The predicted octanol–water partition coefficient (Wildman–Crippen LogP) is 3.80. The number of nitrogens with one attached hydrogen (secondary N) is 2. The molecule has 3 atom stereocenters. The predicted molar refractivity (Wildman–Crippen MR) is 125 cm³/mol. The standard InChI is InChI=1S/C26H32N4O3/c1-33-24-8-3-6-21-20(24)12-22(29-21)25(32)30-16-26(9-4-10-26)13-19(30)15-28-18(14-27)11-17-5-2-7-23(17)31/h3,6,8,12,17-19,28-29H,2,4-5,7,9-11,13,15-16H2,1H3/t17-,18-,19-/m0/s1. The van der Waals surface area contributed by atoms with Crippen molar-refractivity contribution in [3.8, 4) is 11.8 Å². The molecule has 2 saturated carbocycles. The highest BCUT2D eigenvalue weighted by atomic mass is 16.5. The highest BCUT2D eigenvalue weighted by Crippen LogP contribution is 2.50. The molecule has 2 heterocycles. The highest BCUT2D eigenvalue weighted by Gasteiger charge is 2.49. The topological polar surface area (TPSA) is 98.2 Å². The van der Waals surface area contributed by atoms with E-state index in [1.807, 2.05) is 29.2 Å². The van der Waals surface area contributed by atoms with Crippen molar-refractivity contribution in [3.63, 3.8) is 0 Å². The van der Waals surface area contributed by atoms with Gasteiger partial charge in [0.15, 0.2) is 0 Å². The Labute approximate surface area is 194 Å². The van der Waals surface area contributed by atoms with Crippen molar-refractivity contribution in [2.45, 2.75) is 63.5 Å². The second-order valence-corrected chi connectivity index (χ2v) is 10.1. The number of likely N-dealkylation sites (tertiary alicyclic amines) is 1. The third-order valence-corrected chi connectivity index (χ3v) is 8.07. The van der Waals surface area contributed by atoms with Crippen LogP contribution in [0.5, 0.6) is 5.75 Å². The molecule has 33 heavy (non-hydrogen) atoms. The first kappa shape index (κ1) is 22.0. The fraction of sp³-hybridized carbons (Fsp3) is 0.577. The highest BCUT2D eigenvalue weighted by molar-refractivity contribution is 6.00. The molecular weight excluding hydrogens is 416 g/mol. The fourth-order valence-electron chi connectivity index (χ4n) is 6.08. The number of Topliss-reactive ketones (excluding diaryl/α,β-unsaturated/α-hetero) is 1. The Morgan fingerprint density at radius 1 is 1.39 bits per heavy atom. The lowest BCUT2D eigenvalue weighted by Gasteiger charge is -2.37. The number of methoxy groups -OCH3 is 1. The van der Waals surface area contributed by atoms with Crippen LogP contribution in [0.1, 0.15) is 61.9 Å². The number of fused-ring (bicyclic) bond motifs is 1. The summed E-state index contributed by atoms with van der Waals surface area (Å²) in [6.45, 7) is 1.35. The molecule has 1 amide bonds. The molecule has 3 aliphatic rings. The van der Waals surface area contributed by atoms with Gasteiger partial charge in [0.05, 0.1) is 19.2 Å². The monoisotopic (exact) mass is 448 g/mol. The van der Waals surface area contributed by atoms with Gasteiger partial charge < -0.3 is 14.6 Å². The Morgan fingerprint density at radius 2 is 2.24 bits per heavy atom. The molecule has 3 fully saturated rings. The second-order valence-electron chi connectivity index (χ2n) is 10.1. The van der Waals surface area contributed by atoms with Crippen molar-refractivity contribution in [2.75, 3.05) is 20.2 Å². The molecule has 1 aromatic carbocycles. The third kappa shape index (κ3) is 4.13. The lowest BCUT2D eigenvalue weighted by Crippen LogP contribution is -2.44. The maximum Gasteiger partial charge on any atom is 0.270 e.